The van der Waals surface area contributed by atoms with Crippen LogP contribution >= 0.6 is 0 Å². The molecule has 0 amide bonds. The Morgan fingerprint density at radius 3 is 1.98 bits per heavy atom. The van der Waals surface area contributed by atoms with E-state index in [4.69, 9.17) is 52.1 Å². The molecule has 0 aromatic heterocycles. The van der Waals surface area contributed by atoms with Gasteiger partial charge in [0.2, 0.25) is 0 Å². The molecule has 66 heavy (non-hydrogen) atoms. The molecule has 0 unspecified atom stereocenters. The van der Waals surface area contributed by atoms with Crippen molar-refractivity contribution < 1.29 is 82.1 Å². The first kappa shape index (κ1) is 52.0. The Labute approximate surface area is 390 Å². The number of hydrogen-bond acceptors (Lipinski definition) is 17. The molecule has 7 aliphatic rings. The number of aliphatic hydroxyl groups excluding tert-OH is 3. The molecule has 378 valence electrons. The van der Waals surface area contributed by atoms with Crippen LogP contribution in [0.25, 0.3) is 0 Å². The van der Waals surface area contributed by atoms with Crippen LogP contribution in [-0.2, 0) is 61.7 Å². The summed E-state index contributed by atoms with van der Waals surface area (Å²) in [6.07, 6.45) is -5.25. The highest BCUT2D eigenvalue weighted by Crippen LogP contribution is 2.69. The molecule has 0 aromatic carbocycles. The second-order valence-corrected chi connectivity index (χ2v) is 21.3. The highest BCUT2D eigenvalue weighted by molar-refractivity contribution is 5.70. The van der Waals surface area contributed by atoms with Crippen molar-refractivity contribution in [3.63, 3.8) is 0 Å². The predicted molar refractivity (Wildman–Crippen MR) is 235 cm³/mol. The summed E-state index contributed by atoms with van der Waals surface area (Å²) in [7, 11) is 4.64. The average Bonchev–Trinajstić information content (AvgIpc) is 3.53. The van der Waals surface area contributed by atoms with Crippen molar-refractivity contribution in [2.75, 3.05) is 21.3 Å². The van der Waals surface area contributed by atoms with E-state index in [2.05, 4.69) is 13.0 Å². The molecule has 17 nitrogen and oxygen atoms in total. The van der Waals surface area contributed by atoms with Crippen LogP contribution in [0.1, 0.15) is 120 Å². The first-order chi connectivity index (χ1) is 31.1. The Kier molecular flexibility index (Phi) is 16.1. The summed E-state index contributed by atoms with van der Waals surface area (Å²) in [4.78, 5) is 26.6. The van der Waals surface area contributed by atoms with Crippen LogP contribution in [0.5, 0.6) is 0 Å². The van der Waals surface area contributed by atoms with E-state index in [1.807, 2.05) is 34.6 Å². The van der Waals surface area contributed by atoms with Gasteiger partial charge in [0.1, 0.15) is 42.7 Å². The molecular weight excluding hydrogens is 861 g/mol. The van der Waals surface area contributed by atoms with E-state index in [0.29, 0.717) is 51.4 Å². The van der Waals surface area contributed by atoms with Gasteiger partial charge in [0.25, 0.3) is 0 Å². The van der Waals surface area contributed by atoms with Crippen molar-refractivity contribution >= 4 is 11.9 Å². The molecule has 0 radical (unpaired) electrons. The van der Waals surface area contributed by atoms with E-state index >= 15 is 0 Å². The molecule has 4 aliphatic carbocycles. The van der Waals surface area contributed by atoms with Crippen molar-refractivity contribution in [2.45, 2.75) is 230 Å². The van der Waals surface area contributed by atoms with Gasteiger partial charge < -0.3 is 72.5 Å². The average molecular weight is 941 g/mol. The maximum Gasteiger partial charge on any atom is 0.306 e. The molecule has 0 spiro atoms. The Morgan fingerprint density at radius 1 is 0.788 bits per heavy atom. The van der Waals surface area contributed by atoms with Gasteiger partial charge in [-0.2, -0.15) is 0 Å². The summed E-state index contributed by atoms with van der Waals surface area (Å²) in [6, 6.07) is 0. The molecule has 0 bridgehead atoms. The second kappa shape index (κ2) is 20.5. The highest BCUT2D eigenvalue weighted by Gasteiger charge is 2.75. The van der Waals surface area contributed by atoms with E-state index in [0.717, 1.165) is 5.57 Å². The lowest BCUT2D eigenvalue weighted by Crippen LogP contribution is -2.72. The zero-order chi connectivity index (χ0) is 48.2. The minimum Gasteiger partial charge on any atom is -0.458 e. The monoisotopic (exact) mass is 941 g/mol. The van der Waals surface area contributed by atoms with E-state index in [1.165, 1.54) is 14.0 Å². The van der Waals surface area contributed by atoms with Crippen molar-refractivity contribution in [3.8, 4) is 0 Å². The van der Waals surface area contributed by atoms with E-state index < -0.39 is 127 Å². The maximum atomic E-state index is 13.6. The smallest absolute Gasteiger partial charge is 0.306 e. The van der Waals surface area contributed by atoms with Gasteiger partial charge in [-0.1, -0.05) is 39.3 Å². The maximum absolute atomic E-state index is 13.6. The summed E-state index contributed by atoms with van der Waals surface area (Å²) >= 11 is 0. The minimum atomic E-state index is -1.29. The normalized spacial score (nSPS) is 48.7. The molecule has 4 N–H and O–H groups in total. The first-order valence-electron chi connectivity index (χ1n) is 24.5. The number of fused-ring (bicyclic) bond motifs is 5. The van der Waals surface area contributed by atoms with Crippen LogP contribution in [-0.4, -0.2) is 164 Å². The Balaban J connectivity index is 1.02. The van der Waals surface area contributed by atoms with Crippen LogP contribution in [0.4, 0.5) is 0 Å². The zero-order valence-corrected chi connectivity index (χ0v) is 41.2. The van der Waals surface area contributed by atoms with Gasteiger partial charge in [0.15, 0.2) is 18.9 Å². The largest absolute Gasteiger partial charge is 0.458 e. The van der Waals surface area contributed by atoms with Crippen LogP contribution in [0, 0.1) is 34.5 Å². The molecule has 6 fully saturated rings. The van der Waals surface area contributed by atoms with Crippen molar-refractivity contribution in [1.29, 1.82) is 0 Å². The van der Waals surface area contributed by atoms with Crippen LogP contribution < -0.4 is 0 Å². The lowest BCUT2D eigenvalue weighted by Gasteiger charge is -2.65. The Morgan fingerprint density at radius 2 is 1.41 bits per heavy atom. The molecule has 3 saturated heterocycles. The molecule has 23 atom stereocenters. The third-order valence-corrected chi connectivity index (χ3v) is 16.9. The Hall–Kier alpha value is -1.84. The van der Waals surface area contributed by atoms with E-state index in [1.54, 1.807) is 28.1 Å². The van der Waals surface area contributed by atoms with Crippen LogP contribution in [0.3, 0.4) is 0 Å². The number of allylic oxidation sites excluding steroid dienone is 1. The third-order valence-electron chi connectivity index (χ3n) is 16.9. The number of ether oxygens (including phenoxy) is 11. The van der Waals surface area contributed by atoms with E-state index in [-0.39, 0.29) is 36.2 Å². The predicted octanol–water partition coefficient (Wildman–Crippen LogP) is 4.11. The van der Waals surface area contributed by atoms with Crippen LogP contribution in [0.15, 0.2) is 11.6 Å². The van der Waals surface area contributed by atoms with Gasteiger partial charge in [0, 0.05) is 58.8 Å². The topological polar surface area (TPSA) is 217 Å². The summed E-state index contributed by atoms with van der Waals surface area (Å²) in [5.41, 5.74) is -1.71. The summed E-state index contributed by atoms with van der Waals surface area (Å²) in [6.45, 7) is 16.6. The fraction of sp³-hybridized carbons (Fsp3) is 0.918. The number of carbonyl (C=O) groups excluding carboxylic acids is 2. The van der Waals surface area contributed by atoms with Gasteiger partial charge in [-0.25, -0.2) is 0 Å². The quantitative estimate of drug-likeness (QED) is 0.142. The fourth-order valence-corrected chi connectivity index (χ4v) is 13.5. The summed E-state index contributed by atoms with van der Waals surface area (Å²) < 4.78 is 68.3. The van der Waals surface area contributed by atoms with Gasteiger partial charge in [-0.15, -0.1) is 0 Å². The van der Waals surface area contributed by atoms with Crippen LogP contribution in [0.2, 0.25) is 0 Å². The van der Waals surface area contributed by atoms with Crippen molar-refractivity contribution in [1.82, 2.24) is 0 Å². The van der Waals surface area contributed by atoms with Gasteiger partial charge in [-0.05, 0) is 89.4 Å². The number of carbonyl (C=O) groups is 2. The molecular formula is C49H80O17. The minimum absolute atomic E-state index is 0.0361. The highest BCUT2D eigenvalue weighted by atomic mass is 16.8. The summed E-state index contributed by atoms with van der Waals surface area (Å²) in [5, 5.41) is 45.5. The van der Waals surface area contributed by atoms with Gasteiger partial charge in [0.05, 0.1) is 48.3 Å². The SMILES string of the molecule is CO[C@H]1[C@@H](O)[C@H](O[C@H]2[C@@H](OC)C[C@H](O[C@H]3[C@@H](OC)C[C@H](O[C@H]4CC[C@@]5(C)C(=CC[C@@H]6[C@@H]5[C@H](OC(C)=O)[C@@H](OC(=O)CC(C)C)[C@]5(C)[C@@H]([C@@H](C)O)CC[C@]65O)C4)O[C@@H]3C)O[C@@H]2C)O[C@H](C)[C@H]1O. The fourth-order valence-electron chi connectivity index (χ4n) is 13.5. The lowest BCUT2D eigenvalue weighted by atomic mass is 9.43. The zero-order valence-electron chi connectivity index (χ0n) is 41.2. The molecule has 3 heterocycles. The standard InChI is InChI=1S/C49H80O17/c1-23(2)19-35(52)64-45-43(62-28(7)51)38-32(49(55)18-16-31(24(3)50)48(45,49)9)14-13-29-20-30(15-17-47(29,38)8)63-36-21-33(56-10)41(26(5)59-36)65-37-22-34(57-11)42(27(6)60-37)66-46-40(54)44(58-12)39(53)25(4)61-46/h13,23-27,30-34,36-46,50,53-55H,14-22H2,1-12H3/t24-,25-,26-,27-,30+,31-,32-,33+,34+,36+,37+,38-,39-,40-,41-,42-,43+,44-,45-,46+,47+,48+,49+/m1/s1. The molecule has 3 aliphatic heterocycles. The molecule has 7 rings (SSSR count). The third kappa shape index (κ3) is 9.53. The molecule has 17 heteroatoms. The number of esters is 2. The number of rotatable bonds is 14. The molecule has 3 saturated carbocycles. The van der Waals surface area contributed by atoms with Crippen molar-refractivity contribution in [3.05, 3.63) is 11.6 Å². The number of aliphatic hydroxyl groups is 4. The van der Waals surface area contributed by atoms with E-state index in [9.17, 15) is 30.0 Å². The van der Waals surface area contributed by atoms with Crippen molar-refractivity contribution in [2.24, 2.45) is 34.5 Å². The van der Waals surface area contributed by atoms with Gasteiger partial charge >= 0.3 is 11.9 Å². The molecule has 0 aromatic rings. The van der Waals surface area contributed by atoms with Gasteiger partial charge in [-0.3, -0.25) is 9.59 Å². The number of hydrogen-bond donors (Lipinski definition) is 4. The number of methoxy groups -OCH3 is 3. The Bertz CT molecular complexity index is 1710. The second-order valence-electron chi connectivity index (χ2n) is 21.3. The first-order valence-corrected chi connectivity index (χ1v) is 24.5. The summed E-state index contributed by atoms with van der Waals surface area (Å²) in [5.74, 6) is -1.90. The lowest BCUT2D eigenvalue weighted by molar-refractivity contribution is -0.352.